The van der Waals surface area contributed by atoms with Gasteiger partial charge in [-0.05, 0) is 16.7 Å². The second kappa shape index (κ2) is 5.43. The first-order chi connectivity index (χ1) is 11.9. The van der Waals surface area contributed by atoms with E-state index in [1.807, 2.05) is 0 Å². The molecule has 0 N–H and O–H groups in total. The summed E-state index contributed by atoms with van der Waals surface area (Å²) in [5.74, 6) is 0. The number of aliphatic imine (C=N–C) groups is 1. The van der Waals surface area contributed by atoms with E-state index in [1.54, 1.807) is 0 Å². The molecule has 0 amide bonds. The second-order valence-corrected chi connectivity index (χ2v) is 6.41. The van der Waals surface area contributed by atoms with Crippen LogP contribution in [-0.4, -0.2) is 16.7 Å². The van der Waals surface area contributed by atoms with Gasteiger partial charge in [0.15, 0.2) is 0 Å². The van der Waals surface area contributed by atoms with E-state index in [1.165, 1.54) is 22.4 Å². The maximum absolute atomic E-state index is 5.08. The van der Waals surface area contributed by atoms with Crippen LogP contribution in [0.3, 0.4) is 0 Å². The third kappa shape index (κ3) is 2.11. The minimum absolute atomic E-state index is 0.122. The van der Waals surface area contributed by atoms with Crippen LogP contribution in [-0.2, 0) is 0 Å². The summed E-state index contributed by atoms with van der Waals surface area (Å²) in [4.78, 5) is 7.60. The lowest BCUT2D eigenvalue weighted by Gasteiger charge is -2.14. The Morgan fingerprint density at radius 3 is 1.75 bits per heavy atom. The van der Waals surface area contributed by atoms with Crippen LogP contribution in [0, 0.1) is 0 Å². The first-order valence-corrected chi connectivity index (χ1v) is 8.44. The normalized spacial score (nSPS) is 27.4. The van der Waals surface area contributed by atoms with Gasteiger partial charge in [-0.25, -0.2) is 0 Å². The smallest absolute Gasteiger partial charge is 0.129 e. The first kappa shape index (κ1) is 13.7. The van der Waals surface area contributed by atoms with Crippen LogP contribution < -0.4 is 0 Å². The molecular weight excluding hydrogens is 292 g/mol. The average Bonchev–Trinajstić information content (AvgIpc) is 3.28. The number of hydrogen-bond acceptors (Lipinski definition) is 2. The minimum atomic E-state index is 0.122. The maximum Gasteiger partial charge on any atom is 0.129 e. The van der Waals surface area contributed by atoms with Gasteiger partial charge in [-0.15, -0.1) is 0 Å². The highest BCUT2D eigenvalue weighted by Crippen LogP contribution is 2.55. The largest absolute Gasteiger partial charge is 0.263 e. The average molecular weight is 310 g/mol. The van der Waals surface area contributed by atoms with Gasteiger partial charge < -0.3 is 0 Å². The zero-order chi connectivity index (χ0) is 15.9. The molecule has 2 nitrogen and oxygen atoms in total. The van der Waals surface area contributed by atoms with Gasteiger partial charge in [-0.1, -0.05) is 91.0 Å². The molecule has 1 unspecified atom stereocenters. The summed E-state index contributed by atoms with van der Waals surface area (Å²) in [6.07, 6.45) is 0.122. The van der Waals surface area contributed by atoms with E-state index in [0.29, 0.717) is 12.1 Å². The van der Waals surface area contributed by atoms with E-state index >= 15 is 0 Å². The van der Waals surface area contributed by atoms with Crippen LogP contribution in [0.5, 0.6) is 0 Å². The third-order valence-corrected chi connectivity index (χ3v) is 4.98. The van der Waals surface area contributed by atoms with Crippen molar-refractivity contribution >= 4 is 5.71 Å². The summed E-state index contributed by atoms with van der Waals surface area (Å²) >= 11 is 0. The standard InChI is InChI=1S/C22H18N2/c1-4-10-16(11-5-1)19-21-20(17-12-6-2-7-13-17)24(21)22(23-19)18-14-8-3-9-15-18/h1-15,20-22H/t20-,21-,22+,24?/m1/s1. The predicted molar refractivity (Wildman–Crippen MR) is 97.0 cm³/mol. The zero-order valence-corrected chi connectivity index (χ0v) is 13.3. The molecule has 3 aromatic rings. The van der Waals surface area contributed by atoms with Crippen molar-refractivity contribution in [2.75, 3.05) is 0 Å². The molecule has 1 saturated heterocycles. The summed E-state index contributed by atoms with van der Waals surface area (Å²) in [6.45, 7) is 0. The fraction of sp³-hybridized carbons (Fsp3) is 0.136. The maximum atomic E-state index is 5.08. The van der Waals surface area contributed by atoms with E-state index in [9.17, 15) is 0 Å². The zero-order valence-electron chi connectivity index (χ0n) is 13.3. The predicted octanol–water partition coefficient (Wildman–Crippen LogP) is 4.61. The molecular formula is C22H18N2. The quantitative estimate of drug-likeness (QED) is 0.645. The Bertz CT molecular complexity index is 872. The molecule has 0 radical (unpaired) electrons. The van der Waals surface area contributed by atoms with E-state index < -0.39 is 0 Å². The number of fused-ring (bicyclic) bond motifs is 1. The topological polar surface area (TPSA) is 15.4 Å². The third-order valence-electron chi connectivity index (χ3n) is 4.98. The summed E-state index contributed by atoms with van der Waals surface area (Å²) in [6, 6.07) is 32.8. The van der Waals surface area contributed by atoms with Gasteiger partial charge in [0, 0.05) is 0 Å². The molecule has 1 fully saturated rings. The van der Waals surface area contributed by atoms with Crippen molar-refractivity contribution in [3.05, 3.63) is 108 Å². The van der Waals surface area contributed by atoms with Crippen molar-refractivity contribution in [3.63, 3.8) is 0 Å². The van der Waals surface area contributed by atoms with E-state index in [0.717, 1.165) is 0 Å². The fourth-order valence-corrected chi connectivity index (χ4v) is 3.85. The van der Waals surface area contributed by atoms with Gasteiger partial charge in [0.05, 0.1) is 17.8 Å². The van der Waals surface area contributed by atoms with Crippen molar-refractivity contribution in [2.45, 2.75) is 18.2 Å². The SMILES string of the molecule is c1ccc(C2=N[C@H](c3ccccc3)N3[C@H]2[C@H]3c2ccccc2)cc1. The Hall–Kier alpha value is -2.71. The Kier molecular flexibility index (Phi) is 3.10. The molecule has 0 aliphatic carbocycles. The monoisotopic (exact) mass is 310 g/mol. The van der Waals surface area contributed by atoms with E-state index in [2.05, 4.69) is 95.9 Å². The highest BCUT2D eigenvalue weighted by molar-refractivity contribution is 6.08. The molecule has 2 heterocycles. The molecule has 2 aliphatic heterocycles. The van der Waals surface area contributed by atoms with Gasteiger partial charge in [0.2, 0.25) is 0 Å². The van der Waals surface area contributed by atoms with E-state index in [4.69, 9.17) is 4.99 Å². The molecule has 4 atom stereocenters. The minimum Gasteiger partial charge on any atom is -0.263 e. The van der Waals surface area contributed by atoms with Crippen molar-refractivity contribution in [2.24, 2.45) is 4.99 Å². The molecule has 5 rings (SSSR count). The van der Waals surface area contributed by atoms with Crippen LogP contribution >= 0.6 is 0 Å². The first-order valence-electron chi connectivity index (χ1n) is 8.44. The highest BCUT2D eigenvalue weighted by atomic mass is 15.5. The van der Waals surface area contributed by atoms with Crippen LogP contribution in [0.15, 0.2) is 96.0 Å². The number of nitrogens with zero attached hydrogens (tertiary/aromatic N) is 2. The molecule has 2 heteroatoms. The fourth-order valence-electron chi connectivity index (χ4n) is 3.85. The van der Waals surface area contributed by atoms with Crippen molar-refractivity contribution in [1.29, 1.82) is 0 Å². The summed E-state index contributed by atoms with van der Waals surface area (Å²) < 4.78 is 0. The van der Waals surface area contributed by atoms with Gasteiger partial charge in [0.25, 0.3) is 0 Å². The second-order valence-electron chi connectivity index (χ2n) is 6.41. The van der Waals surface area contributed by atoms with Gasteiger partial charge in [0.1, 0.15) is 6.17 Å². The molecule has 3 aromatic carbocycles. The van der Waals surface area contributed by atoms with Crippen molar-refractivity contribution in [1.82, 2.24) is 4.90 Å². The Morgan fingerprint density at radius 1 is 0.583 bits per heavy atom. The van der Waals surface area contributed by atoms with Crippen LogP contribution in [0.25, 0.3) is 0 Å². The summed E-state index contributed by atoms with van der Waals surface area (Å²) in [7, 11) is 0. The Morgan fingerprint density at radius 2 is 1.12 bits per heavy atom. The Balaban J connectivity index is 1.58. The lowest BCUT2D eigenvalue weighted by Crippen LogP contribution is -2.08. The number of benzene rings is 3. The number of hydrogen-bond donors (Lipinski definition) is 0. The lowest BCUT2D eigenvalue weighted by molar-refractivity contribution is 0.404. The molecule has 0 spiro atoms. The Labute approximate surface area is 142 Å². The van der Waals surface area contributed by atoms with Crippen LogP contribution in [0.4, 0.5) is 0 Å². The molecule has 0 bridgehead atoms. The highest BCUT2D eigenvalue weighted by Gasteiger charge is 2.59. The molecule has 24 heavy (non-hydrogen) atoms. The van der Waals surface area contributed by atoms with Crippen LogP contribution in [0.2, 0.25) is 0 Å². The van der Waals surface area contributed by atoms with Crippen molar-refractivity contribution in [3.8, 4) is 0 Å². The summed E-state index contributed by atoms with van der Waals surface area (Å²) in [5, 5.41) is 0. The molecule has 116 valence electrons. The van der Waals surface area contributed by atoms with Gasteiger partial charge >= 0.3 is 0 Å². The van der Waals surface area contributed by atoms with Gasteiger partial charge in [-0.3, -0.25) is 9.89 Å². The van der Waals surface area contributed by atoms with Gasteiger partial charge in [-0.2, -0.15) is 0 Å². The van der Waals surface area contributed by atoms with E-state index in [-0.39, 0.29) is 6.17 Å². The molecule has 0 aromatic heterocycles. The van der Waals surface area contributed by atoms with Crippen molar-refractivity contribution < 1.29 is 0 Å². The van der Waals surface area contributed by atoms with Crippen LogP contribution in [0.1, 0.15) is 28.9 Å². The number of rotatable bonds is 3. The summed E-state index contributed by atoms with van der Waals surface area (Å²) in [5.41, 5.74) is 5.11. The molecule has 2 aliphatic rings. The molecule has 0 saturated carbocycles. The lowest BCUT2D eigenvalue weighted by atomic mass is 10.0.